The minimum atomic E-state index is -0.596. The molecule has 0 amide bonds. The fourth-order valence-corrected chi connectivity index (χ4v) is 5.12. The summed E-state index contributed by atoms with van der Waals surface area (Å²) < 4.78 is 33.8. The molecule has 9 heteroatoms. The molecule has 0 aliphatic heterocycles. The van der Waals surface area contributed by atoms with Crippen LogP contribution in [-0.4, -0.2) is 32.8 Å². The molecule has 0 radical (unpaired) electrons. The van der Waals surface area contributed by atoms with Crippen molar-refractivity contribution >= 4 is 22.9 Å². The highest BCUT2D eigenvalue weighted by Gasteiger charge is 2.22. The van der Waals surface area contributed by atoms with Gasteiger partial charge in [-0.2, -0.15) is 0 Å². The van der Waals surface area contributed by atoms with E-state index in [2.05, 4.69) is 6.92 Å². The summed E-state index contributed by atoms with van der Waals surface area (Å²) in [5.41, 5.74) is 0.312. The van der Waals surface area contributed by atoms with Gasteiger partial charge in [-0.05, 0) is 24.6 Å². The third kappa shape index (κ3) is 10.0. The Morgan fingerprint density at radius 2 is 1.27 bits per heavy atom. The van der Waals surface area contributed by atoms with E-state index in [1.54, 1.807) is 12.1 Å². The Bertz CT molecular complexity index is 1440. The maximum atomic E-state index is 13.4. The van der Waals surface area contributed by atoms with E-state index in [1.807, 2.05) is 0 Å². The van der Waals surface area contributed by atoms with Gasteiger partial charge in [0.2, 0.25) is 5.75 Å². The molecular formula is C35H46O9. The Morgan fingerprint density at radius 3 is 1.84 bits per heavy atom. The van der Waals surface area contributed by atoms with E-state index < -0.39 is 11.9 Å². The molecule has 1 heterocycles. The van der Waals surface area contributed by atoms with E-state index in [-0.39, 0.29) is 39.4 Å². The lowest BCUT2D eigenvalue weighted by Gasteiger charge is -2.16. The van der Waals surface area contributed by atoms with Crippen molar-refractivity contribution in [2.24, 2.45) is 0 Å². The van der Waals surface area contributed by atoms with Gasteiger partial charge < -0.3 is 28.1 Å². The van der Waals surface area contributed by atoms with Gasteiger partial charge in [-0.3, -0.25) is 14.4 Å². The van der Waals surface area contributed by atoms with Crippen LogP contribution in [0.4, 0.5) is 0 Å². The first-order valence-corrected chi connectivity index (χ1v) is 15.7. The first-order chi connectivity index (χ1) is 21.3. The molecule has 0 bridgehead atoms. The van der Waals surface area contributed by atoms with Crippen LogP contribution in [0, 0.1) is 0 Å². The zero-order valence-electron chi connectivity index (χ0n) is 26.8. The van der Waals surface area contributed by atoms with Crippen LogP contribution in [-0.2, 0) is 9.59 Å². The average Bonchev–Trinajstić information content (AvgIpc) is 2.99. The molecule has 2 aromatic carbocycles. The third-order valence-electron chi connectivity index (χ3n) is 7.30. The molecule has 0 unspecified atom stereocenters. The summed E-state index contributed by atoms with van der Waals surface area (Å²) in [6, 6.07) is 7.44. The number of ether oxygens (including phenoxy) is 5. The van der Waals surface area contributed by atoms with Gasteiger partial charge in [-0.1, -0.05) is 77.6 Å². The van der Waals surface area contributed by atoms with E-state index in [0.29, 0.717) is 23.7 Å². The second-order valence-electron chi connectivity index (χ2n) is 10.9. The normalized spacial score (nSPS) is 10.9. The summed E-state index contributed by atoms with van der Waals surface area (Å²) in [5.74, 6) is 0.0970. The van der Waals surface area contributed by atoms with Crippen LogP contribution in [0.3, 0.4) is 0 Å². The Kier molecular flexibility index (Phi) is 14.1. The number of fused-ring (bicyclic) bond motifs is 1. The Hall–Kier alpha value is -4.01. The molecule has 1 aromatic heterocycles. The van der Waals surface area contributed by atoms with E-state index in [9.17, 15) is 14.4 Å². The maximum absolute atomic E-state index is 13.4. The topological polar surface area (TPSA) is 110 Å². The molecule has 0 aliphatic rings. The van der Waals surface area contributed by atoms with Gasteiger partial charge in [0, 0.05) is 31.5 Å². The number of hydrogen-bond donors (Lipinski definition) is 0. The molecule has 0 fully saturated rings. The second-order valence-corrected chi connectivity index (χ2v) is 10.9. The summed E-state index contributed by atoms with van der Waals surface area (Å²) >= 11 is 0. The summed E-state index contributed by atoms with van der Waals surface area (Å²) in [6.45, 7) is 5.19. The smallest absolute Gasteiger partial charge is 0.308 e. The van der Waals surface area contributed by atoms with Crippen molar-refractivity contribution in [2.75, 3.05) is 20.8 Å². The fraction of sp³-hybridized carbons (Fsp3) is 0.514. The summed E-state index contributed by atoms with van der Waals surface area (Å²) in [6.07, 6.45) is 15.0. The highest BCUT2D eigenvalue weighted by molar-refractivity contribution is 5.90. The van der Waals surface area contributed by atoms with Gasteiger partial charge >= 0.3 is 11.9 Å². The summed E-state index contributed by atoms with van der Waals surface area (Å²) in [7, 11) is 2.98. The SMILES string of the molecule is CCCCCCCCCCCCCCOc1c(OC)cc2oc(-c3ccc(OC(C)=O)c(OC(C)=O)c3)cc(=O)c2c1OC. The number of esters is 2. The standard InChI is InChI=1S/C35H46O9/c1-6-7-8-9-10-11-12-13-14-15-16-17-20-41-34-32(39-4)23-31-33(35(34)40-5)27(38)22-29(44-31)26-18-19-28(42-24(2)36)30(21-26)43-25(3)37/h18-19,21-23H,6-17,20H2,1-5H3. The highest BCUT2D eigenvalue weighted by Crippen LogP contribution is 2.43. The fourth-order valence-electron chi connectivity index (χ4n) is 5.12. The van der Waals surface area contributed by atoms with E-state index in [0.717, 1.165) is 12.8 Å². The Balaban J connectivity index is 1.70. The third-order valence-corrected chi connectivity index (χ3v) is 7.30. The predicted octanol–water partition coefficient (Wildman–Crippen LogP) is 8.41. The largest absolute Gasteiger partial charge is 0.493 e. The molecular weight excluding hydrogens is 564 g/mol. The molecule has 44 heavy (non-hydrogen) atoms. The van der Waals surface area contributed by atoms with E-state index in [4.69, 9.17) is 28.1 Å². The Morgan fingerprint density at radius 1 is 0.682 bits per heavy atom. The van der Waals surface area contributed by atoms with Crippen LogP contribution in [0.1, 0.15) is 97.8 Å². The van der Waals surface area contributed by atoms with Crippen LogP contribution in [0.15, 0.2) is 39.5 Å². The van der Waals surface area contributed by atoms with Gasteiger partial charge in [0.15, 0.2) is 28.4 Å². The van der Waals surface area contributed by atoms with E-state index in [1.165, 1.54) is 110 Å². The number of methoxy groups -OCH3 is 2. The molecule has 240 valence electrons. The van der Waals surface area contributed by atoms with Gasteiger partial charge in [0.05, 0.1) is 20.8 Å². The van der Waals surface area contributed by atoms with Crippen molar-refractivity contribution in [1.29, 1.82) is 0 Å². The minimum Gasteiger partial charge on any atom is -0.493 e. The van der Waals surface area contributed by atoms with E-state index >= 15 is 0 Å². The van der Waals surface area contributed by atoms with Crippen LogP contribution in [0.5, 0.6) is 28.7 Å². The molecule has 3 aromatic rings. The van der Waals surface area contributed by atoms with Crippen LogP contribution < -0.4 is 29.1 Å². The lowest BCUT2D eigenvalue weighted by atomic mass is 10.1. The predicted molar refractivity (Wildman–Crippen MR) is 170 cm³/mol. The van der Waals surface area contributed by atoms with Gasteiger partial charge in [0.25, 0.3) is 0 Å². The number of carbonyl (C=O) groups excluding carboxylic acids is 2. The number of unbranched alkanes of at least 4 members (excludes halogenated alkanes) is 11. The van der Waals surface area contributed by atoms with Crippen molar-refractivity contribution in [3.63, 3.8) is 0 Å². The van der Waals surface area contributed by atoms with Crippen LogP contribution in [0.2, 0.25) is 0 Å². The summed E-state index contributed by atoms with van der Waals surface area (Å²) in [4.78, 5) is 36.5. The Labute approximate surface area is 259 Å². The maximum Gasteiger partial charge on any atom is 0.308 e. The van der Waals surface area contributed by atoms with Crippen LogP contribution >= 0.6 is 0 Å². The number of rotatable bonds is 19. The molecule has 9 nitrogen and oxygen atoms in total. The average molecular weight is 611 g/mol. The molecule has 0 spiro atoms. The second kappa shape index (κ2) is 18.0. The number of carbonyl (C=O) groups is 2. The lowest BCUT2D eigenvalue weighted by molar-refractivity contribution is -0.134. The molecule has 0 saturated heterocycles. The molecule has 0 N–H and O–H groups in total. The first-order valence-electron chi connectivity index (χ1n) is 15.7. The highest BCUT2D eigenvalue weighted by atomic mass is 16.6. The van der Waals surface area contributed by atoms with Crippen molar-refractivity contribution in [3.05, 3.63) is 40.6 Å². The van der Waals surface area contributed by atoms with Gasteiger partial charge in [-0.25, -0.2) is 0 Å². The number of benzene rings is 2. The zero-order chi connectivity index (χ0) is 31.9. The zero-order valence-corrected chi connectivity index (χ0v) is 26.8. The van der Waals surface area contributed by atoms with Crippen LogP contribution in [0.25, 0.3) is 22.3 Å². The van der Waals surface area contributed by atoms with Crippen molar-refractivity contribution in [3.8, 4) is 40.1 Å². The molecule has 3 rings (SSSR count). The monoisotopic (exact) mass is 610 g/mol. The molecule has 0 atom stereocenters. The van der Waals surface area contributed by atoms with Crippen molar-refractivity contribution in [2.45, 2.75) is 97.8 Å². The van der Waals surface area contributed by atoms with Crippen molar-refractivity contribution in [1.82, 2.24) is 0 Å². The quantitative estimate of drug-likeness (QED) is 0.0750. The molecule has 0 aliphatic carbocycles. The lowest BCUT2D eigenvalue weighted by Crippen LogP contribution is -2.08. The van der Waals surface area contributed by atoms with Gasteiger partial charge in [-0.15, -0.1) is 0 Å². The minimum absolute atomic E-state index is 0.0182. The number of hydrogen-bond acceptors (Lipinski definition) is 9. The molecule has 0 saturated carbocycles. The first kappa shape index (κ1) is 34.5. The van der Waals surface area contributed by atoms with Gasteiger partial charge in [0.1, 0.15) is 16.7 Å². The van der Waals surface area contributed by atoms with Crippen molar-refractivity contribution < 1.29 is 37.7 Å². The summed E-state index contributed by atoms with van der Waals surface area (Å²) in [5, 5.41) is 0.221.